The Morgan fingerprint density at radius 2 is 1.95 bits per heavy atom. The fourth-order valence-electron chi connectivity index (χ4n) is 6.81. The highest BCUT2D eigenvalue weighted by Gasteiger charge is 2.79. The van der Waals surface area contributed by atoms with Gasteiger partial charge in [0.15, 0.2) is 0 Å². The van der Waals surface area contributed by atoms with E-state index in [1.807, 2.05) is 41.5 Å². The first-order valence-corrected chi connectivity index (χ1v) is 13.7. The molecule has 0 aromatic heterocycles. The smallest absolute Gasteiger partial charge is 0.312 e. The van der Waals surface area contributed by atoms with E-state index in [1.165, 1.54) is 0 Å². The van der Waals surface area contributed by atoms with Crippen LogP contribution >= 0.6 is 0 Å². The summed E-state index contributed by atoms with van der Waals surface area (Å²) in [5.41, 5.74) is -2.54. The predicted octanol–water partition coefficient (Wildman–Crippen LogP) is 3.48. The Morgan fingerprint density at radius 3 is 2.46 bits per heavy atom. The number of likely N-dealkylation sites (tertiary alicyclic amines) is 1. The highest BCUT2D eigenvalue weighted by Crippen LogP contribution is 2.65. The molecule has 208 valence electrons. The van der Waals surface area contributed by atoms with Crippen molar-refractivity contribution in [3.63, 3.8) is 0 Å². The van der Waals surface area contributed by atoms with Crippen LogP contribution in [-0.2, 0) is 23.9 Å². The lowest BCUT2D eigenvalue weighted by molar-refractivity contribution is -0.164. The van der Waals surface area contributed by atoms with Crippen LogP contribution in [0.25, 0.3) is 0 Å². The van der Waals surface area contributed by atoms with Crippen LogP contribution in [0.2, 0.25) is 0 Å². The minimum absolute atomic E-state index is 0.183. The van der Waals surface area contributed by atoms with E-state index >= 15 is 0 Å². The molecule has 3 saturated heterocycles. The van der Waals surface area contributed by atoms with Crippen molar-refractivity contribution in [3.8, 4) is 0 Å². The fourth-order valence-corrected chi connectivity index (χ4v) is 6.81. The zero-order valence-electron chi connectivity index (χ0n) is 23.5. The van der Waals surface area contributed by atoms with Gasteiger partial charge in [0.2, 0.25) is 11.8 Å². The van der Waals surface area contributed by atoms with E-state index in [0.717, 1.165) is 0 Å². The van der Waals surface area contributed by atoms with E-state index < -0.39 is 46.6 Å². The third-order valence-electron chi connectivity index (χ3n) is 8.41. The van der Waals surface area contributed by atoms with Gasteiger partial charge in [-0.25, -0.2) is 0 Å². The van der Waals surface area contributed by atoms with Crippen molar-refractivity contribution in [3.05, 3.63) is 25.3 Å². The Kier molecular flexibility index (Phi) is 8.64. The van der Waals surface area contributed by atoms with Crippen molar-refractivity contribution < 1.29 is 29.0 Å². The lowest BCUT2D eigenvalue weighted by Crippen LogP contribution is -2.61. The zero-order valence-corrected chi connectivity index (χ0v) is 23.5. The molecule has 3 aliphatic rings. The second-order valence-electron chi connectivity index (χ2n) is 12.2. The van der Waals surface area contributed by atoms with Gasteiger partial charge in [0, 0.05) is 12.1 Å². The van der Waals surface area contributed by atoms with Crippen molar-refractivity contribution in [2.75, 3.05) is 19.8 Å². The van der Waals surface area contributed by atoms with Crippen LogP contribution in [-0.4, -0.2) is 81.3 Å². The molecule has 0 aliphatic carbocycles. The third kappa shape index (κ3) is 4.87. The lowest BCUT2D eigenvalue weighted by atomic mass is 9.65. The number of fused-ring (bicyclic) bond motifs is 1. The summed E-state index contributed by atoms with van der Waals surface area (Å²) in [7, 11) is 0. The van der Waals surface area contributed by atoms with Gasteiger partial charge in [-0.1, -0.05) is 32.9 Å². The molecule has 3 rings (SSSR count). The molecule has 8 nitrogen and oxygen atoms in total. The number of carbonyl (C=O) groups is 3. The van der Waals surface area contributed by atoms with Crippen molar-refractivity contribution in [2.45, 2.75) is 102 Å². The van der Waals surface area contributed by atoms with Gasteiger partial charge in [-0.05, 0) is 58.8 Å². The van der Waals surface area contributed by atoms with Crippen LogP contribution in [0.15, 0.2) is 25.3 Å². The van der Waals surface area contributed by atoms with E-state index in [9.17, 15) is 19.5 Å². The van der Waals surface area contributed by atoms with Crippen molar-refractivity contribution in [1.29, 1.82) is 0 Å². The van der Waals surface area contributed by atoms with E-state index in [2.05, 4.69) is 13.2 Å². The number of amides is 2. The Morgan fingerprint density at radius 1 is 1.27 bits per heavy atom. The summed E-state index contributed by atoms with van der Waals surface area (Å²) in [4.78, 5) is 45.5. The largest absolute Gasteiger partial charge is 0.465 e. The molecule has 1 spiro atoms. The number of nitrogens with zero attached hydrogens (tertiary/aromatic N) is 2. The molecular formula is C29H46N2O6. The van der Waals surface area contributed by atoms with Crippen molar-refractivity contribution in [2.24, 2.45) is 17.8 Å². The standard InChI is InChI=1S/C29H46N2O6/c1-9-12-16-36-26(35)22-21-24(33)31(20(18-32)17-19(4)5)23(25(34)30(15-10-2)27(6,7)8)29(21)14-13-28(22,11-3)37-29/h9-10,19-23,32H,1-2,11-18H2,3-8H3/t20-,21+,22+,23?,28-,29?/m1/s1. The lowest BCUT2D eigenvalue weighted by Gasteiger charge is -2.43. The van der Waals surface area contributed by atoms with Gasteiger partial charge < -0.3 is 24.4 Å². The highest BCUT2D eigenvalue weighted by atomic mass is 16.6. The van der Waals surface area contributed by atoms with E-state index in [-0.39, 0.29) is 30.9 Å². The normalized spacial score (nSPS) is 31.4. The zero-order chi connectivity index (χ0) is 27.8. The first-order valence-electron chi connectivity index (χ1n) is 13.7. The number of rotatable bonds is 12. The second kappa shape index (κ2) is 10.9. The van der Waals surface area contributed by atoms with Gasteiger partial charge >= 0.3 is 5.97 Å². The SMILES string of the molecule is C=CCCOC(=O)[C@@H]1[C@H]2C(=O)N([C@@H](CO)CC(C)C)C(C(=O)N(CC=C)C(C)(C)C)C23CC[C@@]1(CC)O3. The summed E-state index contributed by atoms with van der Waals surface area (Å²) in [6.45, 7) is 19.6. The quantitative estimate of drug-likeness (QED) is 0.241. The Balaban J connectivity index is 2.16. The van der Waals surface area contributed by atoms with Gasteiger partial charge in [-0.3, -0.25) is 14.4 Å². The number of aliphatic hydroxyl groups is 1. The fraction of sp³-hybridized carbons (Fsp3) is 0.759. The van der Waals surface area contributed by atoms with Crippen LogP contribution < -0.4 is 0 Å². The topological polar surface area (TPSA) is 96.4 Å². The summed E-state index contributed by atoms with van der Waals surface area (Å²) in [6, 6.07) is -1.51. The number of hydrogen-bond donors (Lipinski definition) is 1. The van der Waals surface area contributed by atoms with Gasteiger partial charge in [-0.2, -0.15) is 0 Å². The monoisotopic (exact) mass is 518 g/mol. The van der Waals surface area contributed by atoms with Crippen molar-refractivity contribution in [1.82, 2.24) is 9.80 Å². The molecule has 2 bridgehead atoms. The number of carbonyl (C=O) groups excluding carboxylic acids is 3. The molecule has 0 aromatic carbocycles. The Labute approximate surface area is 222 Å². The molecule has 2 amide bonds. The first-order chi connectivity index (χ1) is 17.3. The molecular weight excluding hydrogens is 472 g/mol. The van der Waals surface area contributed by atoms with Crippen LogP contribution in [0.3, 0.4) is 0 Å². The van der Waals surface area contributed by atoms with Gasteiger partial charge in [0.25, 0.3) is 0 Å². The van der Waals surface area contributed by atoms with Crippen LogP contribution in [0.5, 0.6) is 0 Å². The highest BCUT2D eigenvalue weighted by molar-refractivity contribution is 5.99. The third-order valence-corrected chi connectivity index (χ3v) is 8.41. The molecule has 0 radical (unpaired) electrons. The average molecular weight is 519 g/mol. The Bertz CT molecular complexity index is 911. The molecule has 6 atom stereocenters. The van der Waals surface area contributed by atoms with Crippen LogP contribution in [0.4, 0.5) is 0 Å². The van der Waals surface area contributed by atoms with Gasteiger partial charge in [0.1, 0.15) is 17.6 Å². The summed E-state index contributed by atoms with van der Waals surface area (Å²) < 4.78 is 12.4. The number of hydrogen-bond acceptors (Lipinski definition) is 6. The van der Waals surface area contributed by atoms with Gasteiger partial charge in [0.05, 0.1) is 30.8 Å². The summed E-state index contributed by atoms with van der Waals surface area (Å²) in [5.74, 6) is -2.45. The molecule has 37 heavy (non-hydrogen) atoms. The molecule has 3 aliphatic heterocycles. The molecule has 3 fully saturated rings. The van der Waals surface area contributed by atoms with Gasteiger partial charge in [-0.15, -0.1) is 13.2 Å². The summed E-state index contributed by atoms with van der Waals surface area (Å²) in [6.07, 6.45) is 5.99. The minimum atomic E-state index is -1.15. The van der Waals surface area contributed by atoms with E-state index in [4.69, 9.17) is 9.47 Å². The molecule has 8 heteroatoms. The maximum atomic E-state index is 14.4. The summed E-state index contributed by atoms with van der Waals surface area (Å²) >= 11 is 0. The summed E-state index contributed by atoms with van der Waals surface area (Å²) in [5, 5.41) is 10.4. The van der Waals surface area contributed by atoms with E-state index in [0.29, 0.717) is 38.6 Å². The van der Waals surface area contributed by atoms with Crippen LogP contribution in [0, 0.1) is 17.8 Å². The minimum Gasteiger partial charge on any atom is -0.465 e. The molecule has 2 unspecified atom stereocenters. The van der Waals surface area contributed by atoms with Crippen LogP contribution in [0.1, 0.15) is 73.6 Å². The number of ether oxygens (including phenoxy) is 2. The predicted molar refractivity (Wildman–Crippen MR) is 141 cm³/mol. The Hall–Kier alpha value is -2.19. The second-order valence-corrected chi connectivity index (χ2v) is 12.2. The number of aliphatic hydroxyl groups excluding tert-OH is 1. The maximum Gasteiger partial charge on any atom is 0.312 e. The van der Waals surface area contributed by atoms with E-state index in [1.54, 1.807) is 22.0 Å². The van der Waals surface area contributed by atoms with Crippen molar-refractivity contribution >= 4 is 17.8 Å². The molecule has 0 aromatic rings. The molecule has 0 saturated carbocycles. The maximum absolute atomic E-state index is 14.4. The average Bonchev–Trinajstić information content (AvgIpc) is 3.43. The molecule has 1 N–H and O–H groups in total. The number of esters is 1. The first kappa shape index (κ1) is 29.4. The molecule has 3 heterocycles.